The molecular weight excluding hydrogens is 268 g/mol. The van der Waals surface area contributed by atoms with E-state index in [1.54, 1.807) is 55.5 Å². The molecule has 0 saturated carbocycles. The minimum Gasteiger partial charge on any atom is -0.423 e. The first-order chi connectivity index (χ1) is 10.2. The van der Waals surface area contributed by atoms with E-state index < -0.39 is 11.6 Å². The summed E-state index contributed by atoms with van der Waals surface area (Å²) in [5.41, 5.74) is 0.893. The van der Waals surface area contributed by atoms with Crippen molar-refractivity contribution >= 4 is 12.3 Å². The molecule has 2 aromatic rings. The summed E-state index contributed by atoms with van der Waals surface area (Å²) < 4.78 is 10.7. The van der Waals surface area contributed by atoms with Gasteiger partial charge in [0.05, 0.1) is 0 Å². The first-order valence-electron chi connectivity index (χ1n) is 6.65. The fourth-order valence-corrected chi connectivity index (χ4v) is 2.14. The van der Waals surface area contributed by atoms with Crippen LogP contribution in [-0.2, 0) is 20.1 Å². The maximum absolute atomic E-state index is 12.8. The molecule has 0 fully saturated rings. The molecule has 0 aliphatic heterocycles. The summed E-state index contributed by atoms with van der Waals surface area (Å²) in [5, 5.41) is 0. The number of Topliss-reactive ketones (excluding diaryl/α,β-unsaturated/α-hetero) is 1. The zero-order chi connectivity index (χ0) is 15.1. The second-order valence-corrected chi connectivity index (χ2v) is 4.32. The second-order valence-electron chi connectivity index (χ2n) is 4.32. The second kappa shape index (κ2) is 6.81. The molecule has 1 atom stereocenters. The number of rotatable bonds is 7. The van der Waals surface area contributed by atoms with Crippen molar-refractivity contribution in [3.05, 3.63) is 71.8 Å². The summed E-state index contributed by atoms with van der Waals surface area (Å²) in [6.07, 6.45) is 0. The Morgan fingerprint density at radius 2 is 1.62 bits per heavy atom. The van der Waals surface area contributed by atoms with Crippen LogP contribution >= 0.6 is 0 Å². The summed E-state index contributed by atoms with van der Waals surface area (Å²) in [5.74, 6) is -2.16. The van der Waals surface area contributed by atoms with Crippen LogP contribution in [-0.4, -0.2) is 18.9 Å². The molecule has 0 aliphatic rings. The number of carbonyl (C=O) groups excluding carboxylic acids is 2. The topological polar surface area (TPSA) is 52.6 Å². The highest BCUT2D eigenvalue weighted by Crippen LogP contribution is 2.31. The van der Waals surface area contributed by atoms with Crippen LogP contribution in [0.4, 0.5) is 0 Å². The highest BCUT2D eigenvalue weighted by atomic mass is 16.7. The van der Waals surface area contributed by atoms with Gasteiger partial charge in [-0.05, 0) is 6.92 Å². The van der Waals surface area contributed by atoms with Gasteiger partial charge >= 0.3 is 5.79 Å². The Labute approximate surface area is 123 Å². The van der Waals surface area contributed by atoms with Gasteiger partial charge in [-0.25, -0.2) is 0 Å². The summed E-state index contributed by atoms with van der Waals surface area (Å²) >= 11 is 0. The summed E-state index contributed by atoms with van der Waals surface area (Å²) in [4.78, 5) is 23.8. The van der Waals surface area contributed by atoms with Crippen LogP contribution in [0.5, 0.6) is 0 Å². The van der Waals surface area contributed by atoms with Crippen LogP contribution in [0.25, 0.3) is 0 Å². The Kier molecular flexibility index (Phi) is 4.85. The normalized spacial score (nSPS) is 13.2. The van der Waals surface area contributed by atoms with Gasteiger partial charge in [-0.3, -0.25) is 9.59 Å². The number of carbonyl (C=O) groups is 2. The molecule has 0 N–H and O–H groups in total. The molecule has 0 spiro atoms. The molecule has 4 heteroatoms. The third-order valence-electron chi connectivity index (χ3n) is 3.05. The summed E-state index contributed by atoms with van der Waals surface area (Å²) in [7, 11) is 0. The molecule has 4 nitrogen and oxygen atoms in total. The predicted molar refractivity (Wildman–Crippen MR) is 77.7 cm³/mol. The van der Waals surface area contributed by atoms with Crippen molar-refractivity contribution < 1.29 is 19.1 Å². The van der Waals surface area contributed by atoms with Crippen molar-refractivity contribution in [2.24, 2.45) is 0 Å². The van der Waals surface area contributed by atoms with Crippen LogP contribution in [0.2, 0.25) is 0 Å². The Morgan fingerprint density at radius 1 is 1.05 bits per heavy atom. The largest absolute Gasteiger partial charge is 0.423 e. The van der Waals surface area contributed by atoms with E-state index in [0.717, 1.165) is 0 Å². The highest BCUT2D eigenvalue weighted by molar-refractivity contribution is 6.02. The zero-order valence-electron chi connectivity index (χ0n) is 11.7. The molecule has 0 aliphatic carbocycles. The van der Waals surface area contributed by atoms with Crippen LogP contribution in [0.1, 0.15) is 22.8 Å². The molecule has 0 aromatic heterocycles. The van der Waals surface area contributed by atoms with Crippen molar-refractivity contribution in [1.82, 2.24) is 0 Å². The lowest BCUT2D eigenvalue weighted by Crippen LogP contribution is -2.41. The van der Waals surface area contributed by atoms with Gasteiger partial charge in [0.25, 0.3) is 6.47 Å². The van der Waals surface area contributed by atoms with Gasteiger partial charge in [0.15, 0.2) is 0 Å². The van der Waals surface area contributed by atoms with E-state index in [4.69, 9.17) is 9.47 Å². The molecule has 21 heavy (non-hydrogen) atoms. The summed E-state index contributed by atoms with van der Waals surface area (Å²) in [6.45, 7) is 2.20. The lowest BCUT2D eigenvalue weighted by Gasteiger charge is -2.30. The molecule has 0 heterocycles. The van der Waals surface area contributed by atoms with Gasteiger partial charge in [0.2, 0.25) is 5.78 Å². The van der Waals surface area contributed by atoms with E-state index in [9.17, 15) is 9.59 Å². The van der Waals surface area contributed by atoms with Crippen LogP contribution in [0.15, 0.2) is 60.7 Å². The van der Waals surface area contributed by atoms with Crippen LogP contribution in [0, 0.1) is 0 Å². The lowest BCUT2D eigenvalue weighted by molar-refractivity contribution is -0.199. The van der Waals surface area contributed by atoms with Gasteiger partial charge in [-0.1, -0.05) is 60.7 Å². The molecule has 1 unspecified atom stereocenters. The monoisotopic (exact) mass is 284 g/mol. The minimum atomic E-state index is -1.75. The standard InChI is InChI=1S/C17H16O4/c1-2-20-17(21-13-18,15-11-7-4-8-12-15)16(19)14-9-5-3-6-10-14/h3-13H,2H2,1H3. The maximum Gasteiger partial charge on any atom is 0.304 e. The Bertz CT molecular complexity index is 595. The van der Waals surface area contributed by atoms with Crippen molar-refractivity contribution in [1.29, 1.82) is 0 Å². The van der Waals surface area contributed by atoms with Gasteiger partial charge in [0.1, 0.15) is 0 Å². The first kappa shape index (κ1) is 14.9. The Morgan fingerprint density at radius 3 is 2.14 bits per heavy atom. The number of ketones is 1. The third-order valence-corrected chi connectivity index (χ3v) is 3.05. The average molecular weight is 284 g/mol. The first-order valence-corrected chi connectivity index (χ1v) is 6.65. The van der Waals surface area contributed by atoms with Crippen molar-refractivity contribution in [2.45, 2.75) is 12.7 Å². The summed E-state index contributed by atoms with van der Waals surface area (Å²) in [6, 6.07) is 17.3. The third kappa shape index (κ3) is 3.01. The number of ether oxygens (including phenoxy) is 2. The highest BCUT2D eigenvalue weighted by Gasteiger charge is 2.44. The zero-order valence-corrected chi connectivity index (χ0v) is 11.7. The van der Waals surface area contributed by atoms with Crippen molar-refractivity contribution in [3.63, 3.8) is 0 Å². The molecule has 0 amide bonds. The van der Waals surface area contributed by atoms with E-state index in [1.165, 1.54) is 0 Å². The molecule has 0 bridgehead atoms. The molecule has 0 radical (unpaired) electrons. The lowest BCUT2D eigenvalue weighted by atomic mass is 9.96. The Balaban J connectivity index is 2.54. The number of benzene rings is 2. The Hall–Kier alpha value is -2.46. The van der Waals surface area contributed by atoms with Gasteiger partial charge < -0.3 is 9.47 Å². The SMILES string of the molecule is CCOC(OC=O)(C(=O)c1ccccc1)c1ccccc1. The van der Waals surface area contributed by atoms with E-state index in [0.29, 0.717) is 11.1 Å². The number of hydrogen-bond acceptors (Lipinski definition) is 4. The van der Waals surface area contributed by atoms with Crippen molar-refractivity contribution in [2.75, 3.05) is 6.61 Å². The van der Waals surface area contributed by atoms with E-state index >= 15 is 0 Å². The van der Waals surface area contributed by atoms with Crippen molar-refractivity contribution in [3.8, 4) is 0 Å². The molecule has 0 saturated heterocycles. The van der Waals surface area contributed by atoms with E-state index in [2.05, 4.69) is 0 Å². The minimum absolute atomic E-state index is 0.224. The predicted octanol–water partition coefficient (Wildman–Crippen LogP) is 2.93. The fourth-order valence-electron chi connectivity index (χ4n) is 2.14. The van der Waals surface area contributed by atoms with Crippen LogP contribution < -0.4 is 0 Å². The van der Waals surface area contributed by atoms with E-state index in [-0.39, 0.29) is 13.1 Å². The maximum atomic E-state index is 12.8. The smallest absolute Gasteiger partial charge is 0.304 e. The van der Waals surface area contributed by atoms with Crippen LogP contribution in [0.3, 0.4) is 0 Å². The molecule has 108 valence electrons. The number of hydrogen-bond donors (Lipinski definition) is 0. The van der Waals surface area contributed by atoms with Gasteiger partial charge in [-0.2, -0.15) is 0 Å². The average Bonchev–Trinajstić information content (AvgIpc) is 2.55. The quantitative estimate of drug-likeness (QED) is 0.445. The van der Waals surface area contributed by atoms with Gasteiger partial charge in [0, 0.05) is 17.7 Å². The molecule has 2 aromatic carbocycles. The van der Waals surface area contributed by atoms with E-state index in [1.807, 2.05) is 12.1 Å². The molecular formula is C17H16O4. The fraction of sp³-hybridized carbons (Fsp3) is 0.176. The van der Waals surface area contributed by atoms with Gasteiger partial charge in [-0.15, -0.1) is 0 Å². The molecule has 2 rings (SSSR count).